The first kappa shape index (κ1) is 28.2. The maximum atomic E-state index is 14.7. The van der Waals surface area contributed by atoms with Crippen molar-refractivity contribution >= 4 is 22.0 Å². The maximum Gasteiger partial charge on any atom is 0.319 e. The summed E-state index contributed by atoms with van der Waals surface area (Å²) in [6.07, 6.45) is 0. The van der Waals surface area contributed by atoms with Crippen molar-refractivity contribution in [3.63, 3.8) is 0 Å². The van der Waals surface area contributed by atoms with Gasteiger partial charge in [0.15, 0.2) is 17.4 Å². The quantitative estimate of drug-likeness (QED) is 0.362. The van der Waals surface area contributed by atoms with E-state index in [1.165, 1.54) is 22.3 Å². The molecule has 0 atom stereocenters. The SMILES string of the molecule is CN(CCN(CC(=O)NO)S(=O)(=O)c1cc(F)c(Oc2ccc(F)cc2)c(F)c1)C(=O)N1CCOCC1. The van der Waals surface area contributed by atoms with Gasteiger partial charge in [0.05, 0.1) is 24.7 Å². The predicted octanol–water partition coefficient (Wildman–Crippen LogP) is 1.78. The molecule has 202 valence electrons. The van der Waals surface area contributed by atoms with Crippen LogP contribution < -0.4 is 10.2 Å². The second-order valence-corrected chi connectivity index (χ2v) is 9.89. The Bertz CT molecular complexity index is 1200. The van der Waals surface area contributed by atoms with Crippen molar-refractivity contribution in [2.75, 3.05) is 53.0 Å². The highest BCUT2D eigenvalue weighted by molar-refractivity contribution is 7.89. The molecular formula is C22H25F3N4O7S. The number of sulfonamides is 1. The molecule has 0 aromatic heterocycles. The Kier molecular flexibility index (Phi) is 9.31. The van der Waals surface area contributed by atoms with Crippen LogP contribution in [0.25, 0.3) is 0 Å². The number of halogens is 3. The monoisotopic (exact) mass is 546 g/mol. The van der Waals surface area contributed by atoms with E-state index < -0.39 is 63.1 Å². The van der Waals surface area contributed by atoms with E-state index in [0.29, 0.717) is 42.7 Å². The Labute approximate surface area is 211 Å². The zero-order valence-corrected chi connectivity index (χ0v) is 20.5. The van der Waals surface area contributed by atoms with Crippen LogP contribution in [-0.2, 0) is 19.6 Å². The molecule has 1 saturated heterocycles. The van der Waals surface area contributed by atoms with Crippen LogP contribution in [0.3, 0.4) is 0 Å². The molecule has 1 fully saturated rings. The van der Waals surface area contributed by atoms with E-state index in [1.54, 1.807) is 0 Å². The molecule has 15 heteroatoms. The zero-order chi connectivity index (χ0) is 27.2. The fourth-order valence-corrected chi connectivity index (χ4v) is 4.80. The summed E-state index contributed by atoms with van der Waals surface area (Å²) in [5.41, 5.74) is 1.30. The molecule has 2 aromatic rings. The largest absolute Gasteiger partial charge is 0.451 e. The average Bonchev–Trinajstić information content (AvgIpc) is 2.89. The predicted molar refractivity (Wildman–Crippen MR) is 122 cm³/mol. The molecule has 1 heterocycles. The van der Waals surface area contributed by atoms with Crippen LogP contribution in [-0.4, -0.2) is 92.7 Å². The van der Waals surface area contributed by atoms with Crippen molar-refractivity contribution in [3.05, 3.63) is 53.8 Å². The molecule has 0 saturated carbocycles. The molecule has 2 N–H and O–H groups in total. The van der Waals surface area contributed by atoms with Crippen LogP contribution in [0.4, 0.5) is 18.0 Å². The Balaban J connectivity index is 1.81. The van der Waals surface area contributed by atoms with Gasteiger partial charge in [-0.1, -0.05) is 0 Å². The van der Waals surface area contributed by atoms with Crippen LogP contribution in [0.2, 0.25) is 0 Å². The molecule has 2 aromatic carbocycles. The lowest BCUT2D eigenvalue weighted by Crippen LogP contribution is -2.49. The summed E-state index contributed by atoms with van der Waals surface area (Å²) in [7, 11) is -3.26. The van der Waals surface area contributed by atoms with Gasteiger partial charge in [0.25, 0.3) is 5.91 Å². The lowest BCUT2D eigenvalue weighted by Gasteiger charge is -2.32. The summed E-state index contributed by atoms with van der Waals surface area (Å²) in [6.45, 7) is -0.0880. The Morgan fingerprint density at radius 2 is 1.68 bits per heavy atom. The summed E-state index contributed by atoms with van der Waals surface area (Å²) >= 11 is 0. The molecule has 3 rings (SSSR count). The van der Waals surface area contributed by atoms with Gasteiger partial charge in [0.2, 0.25) is 10.0 Å². The smallest absolute Gasteiger partial charge is 0.319 e. The van der Waals surface area contributed by atoms with Crippen LogP contribution in [0.5, 0.6) is 11.5 Å². The number of benzene rings is 2. The highest BCUT2D eigenvalue weighted by Gasteiger charge is 2.30. The number of hydrogen-bond donors (Lipinski definition) is 2. The number of carbonyl (C=O) groups excluding carboxylic acids is 2. The fourth-order valence-electron chi connectivity index (χ4n) is 3.39. The van der Waals surface area contributed by atoms with Gasteiger partial charge in [-0.15, -0.1) is 0 Å². The van der Waals surface area contributed by atoms with Gasteiger partial charge in [-0.05, 0) is 36.4 Å². The first-order valence-corrected chi connectivity index (χ1v) is 12.4. The number of likely N-dealkylation sites (N-methyl/N-ethyl adjacent to an activating group) is 1. The van der Waals surface area contributed by atoms with Gasteiger partial charge in [-0.3, -0.25) is 10.0 Å². The Hall–Kier alpha value is -3.40. The third-order valence-electron chi connectivity index (χ3n) is 5.38. The van der Waals surface area contributed by atoms with Crippen LogP contribution >= 0.6 is 0 Å². The molecule has 1 aliphatic rings. The maximum absolute atomic E-state index is 14.7. The highest BCUT2D eigenvalue weighted by Crippen LogP contribution is 2.31. The van der Waals surface area contributed by atoms with E-state index >= 15 is 0 Å². The molecule has 0 radical (unpaired) electrons. The van der Waals surface area contributed by atoms with Crippen molar-refractivity contribution in [2.24, 2.45) is 0 Å². The van der Waals surface area contributed by atoms with Gasteiger partial charge in [0.1, 0.15) is 11.6 Å². The lowest BCUT2D eigenvalue weighted by atomic mass is 10.3. The van der Waals surface area contributed by atoms with Crippen molar-refractivity contribution in [2.45, 2.75) is 4.90 Å². The highest BCUT2D eigenvalue weighted by atomic mass is 32.2. The molecule has 0 spiro atoms. The molecule has 1 aliphatic heterocycles. The average molecular weight is 547 g/mol. The summed E-state index contributed by atoms with van der Waals surface area (Å²) < 4.78 is 79.7. The van der Waals surface area contributed by atoms with Crippen LogP contribution in [0, 0.1) is 17.5 Å². The molecular weight excluding hydrogens is 521 g/mol. The number of ether oxygens (including phenoxy) is 2. The molecule has 0 aliphatic carbocycles. The van der Waals surface area contributed by atoms with Gasteiger partial charge < -0.3 is 19.3 Å². The number of urea groups is 1. The molecule has 37 heavy (non-hydrogen) atoms. The first-order valence-electron chi connectivity index (χ1n) is 11.0. The van der Waals surface area contributed by atoms with Gasteiger partial charge in [-0.2, -0.15) is 4.31 Å². The van der Waals surface area contributed by atoms with Gasteiger partial charge in [0, 0.05) is 33.2 Å². The standard InChI is InChI=1S/C22H25F3N4O7S/c1-27(22(31)28-8-10-35-11-9-28)6-7-29(14-20(30)26-32)37(33,34)17-12-18(24)21(19(25)13-17)36-16-4-2-15(23)3-5-16/h2-5,12-13,32H,6-11,14H2,1H3,(H,26,30). The van der Waals surface area contributed by atoms with E-state index in [4.69, 9.17) is 14.7 Å². The minimum atomic E-state index is -4.69. The van der Waals surface area contributed by atoms with E-state index in [1.807, 2.05) is 0 Å². The number of carbonyl (C=O) groups is 2. The second-order valence-electron chi connectivity index (χ2n) is 7.95. The van der Waals surface area contributed by atoms with Crippen molar-refractivity contribution in [1.29, 1.82) is 0 Å². The van der Waals surface area contributed by atoms with E-state index in [2.05, 4.69) is 0 Å². The number of nitrogens with zero attached hydrogens (tertiary/aromatic N) is 3. The number of hydrogen-bond acceptors (Lipinski definition) is 7. The Morgan fingerprint density at radius 1 is 1.08 bits per heavy atom. The van der Waals surface area contributed by atoms with Crippen molar-refractivity contribution < 1.29 is 45.9 Å². The molecule has 0 unspecified atom stereocenters. The normalized spacial score (nSPS) is 13.9. The number of amides is 3. The zero-order valence-electron chi connectivity index (χ0n) is 19.7. The van der Waals surface area contributed by atoms with Crippen LogP contribution in [0.1, 0.15) is 0 Å². The van der Waals surface area contributed by atoms with E-state index in [-0.39, 0.29) is 12.3 Å². The van der Waals surface area contributed by atoms with Crippen LogP contribution in [0.15, 0.2) is 41.3 Å². The number of morpholine rings is 1. The summed E-state index contributed by atoms with van der Waals surface area (Å²) in [5, 5.41) is 8.87. The second kappa shape index (κ2) is 12.2. The van der Waals surface area contributed by atoms with Gasteiger partial charge in [-0.25, -0.2) is 31.9 Å². The summed E-state index contributed by atoms with van der Waals surface area (Å²) in [4.78, 5) is 26.3. The fraction of sp³-hybridized carbons (Fsp3) is 0.364. The Morgan fingerprint density at radius 3 is 2.24 bits per heavy atom. The van der Waals surface area contributed by atoms with Crippen molar-refractivity contribution in [3.8, 4) is 11.5 Å². The number of hydroxylamine groups is 1. The van der Waals surface area contributed by atoms with Gasteiger partial charge >= 0.3 is 6.03 Å². The molecule has 3 amide bonds. The van der Waals surface area contributed by atoms with Crippen molar-refractivity contribution in [1.82, 2.24) is 19.6 Å². The summed E-state index contributed by atoms with van der Waals surface area (Å²) in [6, 6.07) is 4.88. The lowest BCUT2D eigenvalue weighted by molar-refractivity contribution is -0.129. The third-order valence-corrected chi connectivity index (χ3v) is 7.20. The first-order chi connectivity index (χ1) is 17.5. The minimum Gasteiger partial charge on any atom is -0.451 e. The summed E-state index contributed by atoms with van der Waals surface area (Å²) in [5.74, 6) is -5.45. The topological polar surface area (TPSA) is 129 Å². The molecule has 0 bridgehead atoms. The minimum absolute atomic E-state index is 0.0935. The van der Waals surface area contributed by atoms with E-state index in [9.17, 15) is 31.2 Å². The third kappa shape index (κ3) is 7.09. The number of nitrogens with one attached hydrogen (secondary N) is 1. The number of rotatable bonds is 9. The molecule has 11 nitrogen and oxygen atoms in total. The van der Waals surface area contributed by atoms with E-state index in [0.717, 1.165) is 24.3 Å².